The fourth-order valence-corrected chi connectivity index (χ4v) is 3.29. The largest absolute Gasteiger partial charge is 0.442 e. The van der Waals surface area contributed by atoms with Gasteiger partial charge in [-0.25, -0.2) is 4.98 Å². The standard InChI is InChI=1S/C15H14N2OS/c1-2-4-13-10(3-1)7-14(19-13)15-12(17-9-18-15)8-16-11-5-6-11/h1-4,7,9,11,16H,5-6,8H2. The van der Waals surface area contributed by atoms with Crippen LogP contribution in [0.4, 0.5) is 0 Å². The van der Waals surface area contributed by atoms with Gasteiger partial charge in [0.1, 0.15) is 5.69 Å². The molecule has 0 atom stereocenters. The van der Waals surface area contributed by atoms with Crippen molar-refractivity contribution in [1.29, 1.82) is 0 Å². The summed E-state index contributed by atoms with van der Waals surface area (Å²) in [7, 11) is 0. The quantitative estimate of drug-likeness (QED) is 0.783. The Balaban J connectivity index is 1.68. The Kier molecular flexibility index (Phi) is 2.64. The van der Waals surface area contributed by atoms with Crippen molar-refractivity contribution in [3.63, 3.8) is 0 Å². The molecule has 0 radical (unpaired) electrons. The van der Waals surface area contributed by atoms with E-state index >= 15 is 0 Å². The lowest BCUT2D eigenvalue weighted by molar-refractivity contribution is 0.571. The van der Waals surface area contributed by atoms with Crippen LogP contribution in [-0.4, -0.2) is 11.0 Å². The maximum Gasteiger partial charge on any atom is 0.181 e. The van der Waals surface area contributed by atoms with Gasteiger partial charge in [0.25, 0.3) is 0 Å². The van der Waals surface area contributed by atoms with Gasteiger partial charge in [-0.2, -0.15) is 0 Å². The SMILES string of the molecule is c1ccc2sc(-c3ocnc3CNC3CC3)cc2c1. The van der Waals surface area contributed by atoms with Gasteiger partial charge in [0.15, 0.2) is 12.2 Å². The Bertz CT molecular complexity index is 679. The lowest BCUT2D eigenvalue weighted by Crippen LogP contribution is -2.15. The molecule has 1 aliphatic carbocycles. The summed E-state index contributed by atoms with van der Waals surface area (Å²) in [6.07, 6.45) is 4.12. The second kappa shape index (κ2) is 4.47. The molecule has 0 bridgehead atoms. The molecule has 1 N–H and O–H groups in total. The lowest BCUT2D eigenvalue weighted by Gasteiger charge is -2.00. The summed E-state index contributed by atoms with van der Waals surface area (Å²) in [5.41, 5.74) is 1.01. The number of thiophene rings is 1. The first-order valence-corrected chi connectivity index (χ1v) is 7.36. The average molecular weight is 270 g/mol. The van der Waals surface area contributed by atoms with Crippen LogP contribution in [-0.2, 0) is 6.54 Å². The molecule has 1 aliphatic rings. The van der Waals surface area contributed by atoms with Gasteiger partial charge in [-0.15, -0.1) is 11.3 Å². The van der Waals surface area contributed by atoms with Crippen LogP contribution in [0.1, 0.15) is 18.5 Å². The highest BCUT2D eigenvalue weighted by atomic mass is 32.1. The Labute approximate surface area is 115 Å². The smallest absolute Gasteiger partial charge is 0.181 e. The Morgan fingerprint density at radius 3 is 3.05 bits per heavy atom. The van der Waals surface area contributed by atoms with Crippen LogP contribution in [0.2, 0.25) is 0 Å². The monoisotopic (exact) mass is 270 g/mol. The molecule has 0 amide bonds. The van der Waals surface area contributed by atoms with Gasteiger partial charge in [0, 0.05) is 17.3 Å². The number of nitrogens with one attached hydrogen (secondary N) is 1. The van der Waals surface area contributed by atoms with Crippen LogP contribution in [0.3, 0.4) is 0 Å². The van der Waals surface area contributed by atoms with E-state index in [0.717, 1.165) is 22.9 Å². The van der Waals surface area contributed by atoms with Crippen molar-refractivity contribution in [2.45, 2.75) is 25.4 Å². The number of hydrogen-bond acceptors (Lipinski definition) is 4. The van der Waals surface area contributed by atoms with Crippen molar-refractivity contribution >= 4 is 21.4 Å². The third kappa shape index (κ3) is 2.17. The molecule has 1 aromatic carbocycles. The van der Waals surface area contributed by atoms with Gasteiger partial charge in [-0.3, -0.25) is 0 Å². The van der Waals surface area contributed by atoms with Crippen molar-refractivity contribution in [2.24, 2.45) is 0 Å². The first-order valence-electron chi connectivity index (χ1n) is 6.55. The van der Waals surface area contributed by atoms with Gasteiger partial charge in [0.05, 0.1) is 4.88 Å². The zero-order valence-electron chi connectivity index (χ0n) is 10.4. The summed E-state index contributed by atoms with van der Waals surface area (Å²) in [4.78, 5) is 5.50. The number of hydrogen-bond donors (Lipinski definition) is 1. The van der Waals surface area contributed by atoms with Crippen LogP contribution < -0.4 is 5.32 Å². The van der Waals surface area contributed by atoms with E-state index in [9.17, 15) is 0 Å². The summed E-state index contributed by atoms with van der Waals surface area (Å²) in [5, 5.41) is 4.75. The number of benzene rings is 1. The molecule has 0 unspecified atom stereocenters. The normalized spacial score (nSPS) is 15.2. The molecule has 1 fully saturated rings. The van der Waals surface area contributed by atoms with Gasteiger partial charge < -0.3 is 9.73 Å². The van der Waals surface area contributed by atoms with Crippen molar-refractivity contribution < 1.29 is 4.42 Å². The lowest BCUT2D eigenvalue weighted by atomic mass is 10.2. The van der Waals surface area contributed by atoms with E-state index in [-0.39, 0.29) is 0 Å². The third-order valence-corrected chi connectivity index (χ3v) is 4.54. The van der Waals surface area contributed by atoms with Crippen LogP contribution in [0.15, 0.2) is 41.1 Å². The highest BCUT2D eigenvalue weighted by molar-refractivity contribution is 7.22. The van der Waals surface area contributed by atoms with Crippen molar-refractivity contribution in [3.8, 4) is 10.6 Å². The first-order chi connectivity index (χ1) is 9.40. The summed E-state index contributed by atoms with van der Waals surface area (Å²) in [5.74, 6) is 0.911. The van der Waals surface area contributed by atoms with Crippen LogP contribution in [0.25, 0.3) is 20.7 Å². The molecule has 4 heteroatoms. The molecule has 3 aromatic rings. The number of fused-ring (bicyclic) bond motifs is 1. The molecule has 0 saturated heterocycles. The van der Waals surface area contributed by atoms with Gasteiger partial charge in [0.2, 0.25) is 0 Å². The molecule has 96 valence electrons. The molecule has 1 saturated carbocycles. The zero-order valence-corrected chi connectivity index (χ0v) is 11.2. The Hall–Kier alpha value is -1.65. The zero-order chi connectivity index (χ0) is 12.7. The third-order valence-electron chi connectivity index (χ3n) is 3.43. The number of oxazole rings is 1. The molecule has 0 aliphatic heterocycles. The highest BCUT2D eigenvalue weighted by Gasteiger charge is 2.22. The van der Waals surface area contributed by atoms with E-state index in [1.165, 1.54) is 22.9 Å². The van der Waals surface area contributed by atoms with Crippen molar-refractivity contribution in [1.82, 2.24) is 10.3 Å². The molecule has 2 heterocycles. The van der Waals surface area contributed by atoms with Gasteiger partial charge in [-0.1, -0.05) is 18.2 Å². The predicted molar refractivity (Wildman–Crippen MR) is 77.2 cm³/mol. The van der Waals surface area contributed by atoms with E-state index < -0.39 is 0 Å². The van der Waals surface area contributed by atoms with Gasteiger partial charge in [-0.05, 0) is 30.4 Å². The summed E-state index contributed by atoms with van der Waals surface area (Å²) < 4.78 is 6.88. The van der Waals surface area contributed by atoms with Crippen LogP contribution in [0.5, 0.6) is 0 Å². The molecule has 19 heavy (non-hydrogen) atoms. The summed E-state index contributed by atoms with van der Waals surface area (Å²) in [6, 6.07) is 11.3. The highest BCUT2D eigenvalue weighted by Crippen LogP contribution is 2.35. The number of nitrogens with zero attached hydrogens (tertiary/aromatic N) is 1. The van der Waals surface area contributed by atoms with Crippen LogP contribution in [0, 0.1) is 0 Å². The Morgan fingerprint density at radius 1 is 1.32 bits per heavy atom. The van der Waals surface area contributed by atoms with E-state index in [2.05, 4.69) is 40.6 Å². The summed E-state index contributed by atoms with van der Waals surface area (Å²) >= 11 is 1.76. The second-order valence-electron chi connectivity index (χ2n) is 4.93. The molecular formula is C15H14N2OS. The van der Waals surface area contributed by atoms with E-state index in [1.807, 2.05) is 0 Å². The average Bonchev–Trinajstić information content (AvgIpc) is 3.00. The summed E-state index contributed by atoms with van der Waals surface area (Å²) in [6.45, 7) is 0.796. The van der Waals surface area contributed by atoms with E-state index in [0.29, 0.717) is 6.04 Å². The fraction of sp³-hybridized carbons (Fsp3) is 0.267. The molecule has 2 aromatic heterocycles. The van der Waals surface area contributed by atoms with Crippen molar-refractivity contribution in [2.75, 3.05) is 0 Å². The topological polar surface area (TPSA) is 38.1 Å². The maximum absolute atomic E-state index is 5.59. The van der Waals surface area contributed by atoms with Gasteiger partial charge >= 0.3 is 0 Å². The van der Waals surface area contributed by atoms with Crippen LogP contribution >= 0.6 is 11.3 Å². The minimum Gasteiger partial charge on any atom is -0.442 e. The molecular weight excluding hydrogens is 256 g/mol. The second-order valence-corrected chi connectivity index (χ2v) is 6.02. The molecule has 3 nitrogen and oxygen atoms in total. The maximum atomic E-state index is 5.59. The molecule has 0 spiro atoms. The predicted octanol–water partition coefficient (Wildman–Crippen LogP) is 3.81. The fourth-order valence-electron chi connectivity index (χ4n) is 2.22. The van der Waals surface area contributed by atoms with Crippen molar-refractivity contribution in [3.05, 3.63) is 42.4 Å². The molecule has 4 rings (SSSR count). The number of aromatic nitrogens is 1. The minimum atomic E-state index is 0.687. The minimum absolute atomic E-state index is 0.687. The van der Waals surface area contributed by atoms with E-state index in [4.69, 9.17) is 4.42 Å². The first kappa shape index (κ1) is 11.2. The van der Waals surface area contributed by atoms with E-state index in [1.54, 1.807) is 17.7 Å². The Morgan fingerprint density at radius 2 is 2.21 bits per heavy atom. The number of rotatable bonds is 4.